The lowest BCUT2D eigenvalue weighted by Gasteiger charge is -2.37. The molecule has 120 valence electrons. The summed E-state index contributed by atoms with van der Waals surface area (Å²) in [6.07, 6.45) is 1.72. The van der Waals surface area contributed by atoms with Crippen LogP contribution < -0.4 is 5.32 Å². The maximum atomic E-state index is 10.0. The van der Waals surface area contributed by atoms with Crippen LogP contribution in [0.5, 0.6) is 0 Å². The summed E-state index contributed by atoms with van der Waals surface area (Å²) in [6.45, 7) is 11.2. The number of rotatable bonds is 9. The van der Waals surface area contributed by atoms with Gasteiger partial charge in [0.2, 0.25) is 0 Å². The quantitative estimate of drug-likeness (QED) is 0.732. The van der Waals surface area contributed by atoms with Gasteiger partial charge in [0.1, 0.15) is 0 Å². The van der Waals surface area contributed by atoms with Crippen LogP contribution in [-0.2, 0) is 10.3 Å². The first-order chi connectivity index (χ1) is 9.85. The van der Waals surface area contributed by atoms with Gasteiger partial charge in [0.25, 0.3) is 0 Å². The number of aliphatic hydroxyl groups is 1. The Balaban J connectivity index is 2.87. The van der Waals surface area contributed by atoms with Gasteiger partial charge in [-0.15, -0.1) is 0 Å². The molecule has 0 aromatic heterocycles. The molecule has 2 N–H and O–H groups in total. The van der Waals surface area contributed by atoms with Crippen molar-refractivity contribution in [1.29, 1.82) is 0 Å². The normalized spacial score (nSPS) is 15.2. The Morgan fingerprint density at radius 3 is 2.29 bits per heavy atom. The fourth-order valence-corrected chi connectivity index (χ4v) is 2.43. The van der Waals surface area contributed by atoms with Crippen molar-refractivity contribution in [3.05, 3.63) is 35.9 Å². The molecule has 0 radical (unpaired) electrons. The predicted octanol–water partition coefficient (Wildman–Crippen LogP) is 3.47. The SMILES string of the molecule is CCC(C)(C)OCCC(CO)(NC(C)C)c1ccccc1. The maximum absolute atomic E-state index is 10.0. The summed E-state index contributed by atoms with van der Waals surface area (Å²) in [5, 5.41) is 13.6. The third-order valence-corrected chi connectivity index (χ3v) is 4.03. The summed E-state index contributed by atoms with van der Waals surface area (Å²) in [4.78, 5) is 0. The number of ether oxygens (including phenoxy) is 1. The van der Waals surface area contributed by atoms with Crippen molar-refractivity contribution in [2.75, 3.05) is 13.2 Å². The van der Waals surface area contributed by atoms with Crippen molar-refractivity contribution in [2.24, 2.45) is 0 Å². The van der Waals surface area contributed by atoms with Crippen LogP contribution in [0, 0.1) is 0 Å². The van der Waals surface area contributed by atoms with E-state index in [1.54, 1.807) is 0 Å². The van der Waals surface area contributed by atoms with E-state index in [0.29, 0.717) is 6.61 Å². The maximum Gasteiger partial charge on any atom is 0.0693 e. The molecule has 0 aliphatic heterocycles. The van der Waals surface area contributed by atoms with Gasteiger partial charge in [-0.3, -0.25) is 0 Å². The fraction of sp³-hybridized carbons (Fsp3) is 0.667. The molecule has 0 amide bonds. The van der Waals surface area contributed by atoms with Crippen molar-refractivity contribution < 1.29 is 9.84 Å². The van der Waals surface area contributed by atoms with Crippen LogP contribution in [0.3, 0.4) is 0 Å². The number of hydrogen-bond acceptors (Lipinski definition) is 3. The standard InChI is InChI=1S/C18H31NO2/c1-6-17(4,5)21-13-12-18(14-20,19-15(2)3)16-10-8-7-9-11-16/h7-11,15,19-20H,6,12-14H2,1-5H3. The van der Waals surface area contributed by atoms with Crippen molar-refractivity contribution >= 4 is 0 Å². The lowest BCUT2D eigenvalue weighted by Crippen LogP contribution is -2.50. The van der Waals surface area contributed by atoms with E-state index >= 15 is 0 Å². The molecule has 0 aliphatic rings. The lowest BCUT2D eigenvalue weighted by atomic mass is 9.86. The topological polar surface area (TPSA) is 41.5 Å². The molecule has 1 aromatic rings. The highest BCUT2D eigenvalue weighted by molar-refractivity contribution is 5.25. The average Bonchev–Trinajstić information content (AvgIpc) is 2.46. The monoisotopic (exact) mass is 293 g/mol. The van der Waals surface area contributed by atoms with E-state index in [0.717, 1.165) is 18.4 Å². The molecular weight excluding hydrogens is 262 g/mol. The minimum atomic E-state index is -0.445. The van der Waals surface area contributed by atoms with Crippen molar-refractivity contribution in [3.63, 3.8) is 0 Å². The van der Waals surface area contributed by atoms with E-state index in [4.69, 9.17) is 4.74 Å². The van der Waals surface area contributed by atoms with Crippen molar-refractivity contribution in [1.82, 2.24) is 5.32 Å². The second kappa shape index (κ2) is 7.92. The first-order valence-electron chi connectivity index (χ1n) is 7.93. The van der Waals surface area contributed by atoms with E-state index in [1.807, 2.05) is 18.2 Å². The molecule has 0 saturated heterocycles. The van der Waals surface area contributed by atoms with E-state index < -0.39 is 5.54 Å². The number of aliphatic hydroxyl groups excluding tert-OH is 1. The van der Waals surface area contributed by atoms with E-state index in [1.165, 1.54) is 0 Å². The van der Waals surface area contributed by atoms with E-state index in [9.17, 15) is 5.11 Å². The zero-order valence-electron chi connectivity index (χ0n) is 14.1. The van der Waals surface area contributed by atoms with Gasteiger partial charge >= 0.3 is 0 Å². The van der Waals surface area contributed by atoms with Gasteiger partial charge in [-0.2, -0.15) is 0 Å². The molecule has 0 heterocycles. The molecule has 21 heavy (non-hydrogen) atoms. The largest absolute Gasteiger partial charge is 0.394 e. The molecule has 0 bridgehead atoms. The van der Waals surface area contributed by atoms with Gasteiger partial charge in [-0.1, -0.05) is 37.3 Å². The lowest BCUT2D eigenvalue weighted by molar-refractivity contribution is -0.0349. The molecule has 0 spiro atoms. The first-order valence-corrected chi connectivity index (χ1v) is 7.93. The molecular formula is C18H31NO2. The molecule has 0 saturated carbocycles. The molecule has 3 heteroatoms. The Labute approximate surface area is 129 Å². The van der Waals surface area contributed by atoms with Crippen LogP contribution in [0.25, 0.3) is 0 Å². The highest BCUT2D eigenvalue weighted by atomic mass is 16.5. The molecule has 1 unspecified atom stereocenters. The second-order valence-electron chi connectivity index (χ2n) is 6.62. The van der Waals surface area contributed by atoms with Gasteiger partial charge in [-0.05, 0) is 46.1 Å². The zero-order valence-corrected chi connectivity index (χ0v) is 14.1. The van der Waals surface area contributed by atoms with Crippen molar-refractivity contribution in [2.45, 2.75) is 64.6 Å². The molecule has 0 fully saturated rings. The van der Waals surface area contributed by atoms with Crippen LogP contribution in [0.15, 0.2) is 30.3 Å². The Hall–Kier alpha value is -0.900. The third-order valence-electron chi connectivity index (χ3n) is 4.03. The summed E-state index contributed by atoms with van der Waals surface area (Å²) >= 11 is 0. The number of nitrogens with one attached hydrogen (secondary N) is 1. The summed E-state index contributed by atoms with van der Waals surface area (Å²) in [6, 6.07) is 10.4. The Morgan fingerprint density at radius 2 is 1.81 bits per heavy atom. The molecule has 3 nitrogen and oxygen atoms in total. The van der Waals surface area contributed by atoms with Crippen LogP contribution in [0.4, 0.5) is 0 Å². The van der Waals surface area contributed by atoms with Gasteiger partial charge in [0, 0.05) is 12.6 Å². The molecule has 0 aliphatic carbocycles. The van der Waals surface area contributed by atoms with E-state index in [2.05, 4.69) is 52.1 Å². The third kappa shape index (κ3) is 5.42. The van der Waals surface area contributed by atoms with Crippen LogP contribution >= 0.6 is 0 Å². The Bertz CT molecular complexity index is 403. The van der Waals surface area contributed by atoms with Crippen molar-refractivity contribution in [3.8, 4) is 0 Å². The summed E-state index contributed by atoms with van der Waals surface area (Å²) < 4.78 is 5.99. The summed E-state index contributed by atoms with van der Waals surface area (Å²) in [7, 11) is 0. The average molecular weight is 293 g/mol. The van der Waals surface area contributed by atoms with E-state index in [-0.39, 0.29) is 18.2 Å². The zero-order chi connectivity index (χ0) is 15.9. The highest BCUT2D eigenvalue weighted by Gasteiger charge is 2.32. The Kier molecular flexibility index (Phi) is 6.85. The highest BCUT2D eigenvalue weighted by Crippen LogP contribution is 2.27. The van der Waals surface area contributed by atoms with Gasteiger partial charge in [0.05, 0.1) is 17.7 Å². The minimum absolute atomic E-state index is 0.0606. The number of hydrogen-bond donors (Lipinski definition) is 2. The van der Waals surface area contributed by atoms with Gasteiger partial charge < -0.3 is 15.2 Å². The van der Waals surface area contributed by atoms with Gasteiger partial charge in [-0.25, -0.2) is 0 Å². The predicted molar refractivity (Wildman–Crippen MR) is 88.4 cm³/mol. The van der Waals surface area contributed by atoms with Crippen LogP contribution in [0.1, 0.15) is 53.0 Å². The minimum Gasteiger partial charge on any atom is -0.394 e. The number of benzene rings is 1. The summed E-state index contributed by atoms with van der Waals surface area (Å²) in [5.74, 6) is 0. The summed E-state index contributed by atoms with van der Waals surface area (Å²) in [5.41, 5.74) is 0.550. The molecule has 1 aromatic carbocycles. The van der Waals surface area contributed by atoms with Crippen LogP contribution in [0.2, 0.25) is 0 Å². The fourth-order valence-electron chi connectivity index (χ4n) is 2.43. The van der Waals surface area contributed by atoms with Crippen LogP contribution in [-0.4, -0.2) is 30.0 Å². The molecule has 1 rings (SSSR count). The Morgan fingerprint density at radius 1 is 1.19 bits per heavy atom. The smallest absolute Gasteiger partial charge is 0.0693 e. The van der Waals surface area contributed by atoms with Gasteiger partial charge in [0.15, 0.2) is 0 Å². The molecule has 1 atom stereocenters. The first kappa shape index (κ1) is 18.1. The second-order valence-corrected chi connectivity index (χ2v) is 6.62.